The van der Waals surface area contributed by atoms with Crippen molar-refractivity contribution >= 4 is 17.0 Å². The molecule has 3 aromatic rings. The lowest BCUT2D eigenvalue weighted by molar-refractivity contribution is -0.125. The largest absolute Gasteiger partial charge is 0.419 e. The number of carbonyl (C=O) groups is 1. The smallest absolute Gasteiger partial charge is 0.408 e. The Balaban J connectivity index is 1.46. The zero-order valence-corrected chi connectivity index (χ0v) is 16.8. The maximum absolute atomic E-state index is 12.4. The number of nitrogens with zero attached hydrogens (tertiary/aromatic N) is 2. The van der Waals surface area contributed by atoms with Crippen molar-refractivity contribution in [3.05, 3.63) is 58.6 Å². The number of fused-ring (bicyclic) bond motifs is 1. The molecule has 1 aliphatic rings. The number of carbonyl (C=O) groups excluding carboxylic acids is 1. The van der Waals surface area contributed by atoms with Crippen LogP contribution >= 0.6 is 0 Å². The number of nitriles is 1. The van der Waals surface area contributed by atoms with Gasteiger partial charge >= 0.3 is 5.76 Å². The minimum absolute atomic E-state index is 0.115. The van der Waals surface area contributed by atoms with Crippen LogP contribution in [0.5, 0.6) is 0 Å². The van der Waals surface area contributed by atoms with Crippen molar-refractivity contribution in [3.8, 4) is 17.2 Å². The highest BCUT2D eigenvalue weighted by Gasteiger charge is 2.31. The van der Waals surface area contributed by atoms with Crippen molar-refractivity contribution in [1.29, 1.82) is 5.26 Å². The van der Waals surface area contributed by atoms with Gasteiger partial charge in [-0.3, -0.25) is 9.36 Å². The predicted molar refractivity (Wildman–Crippen MR) is 113 cm³/mol. The molecule has 3 unspecified atom stereocenters. The van der Waals surface area contributed by atoms with E-state index in [1.165, 1.54) is 4.57 Å². The highest BCUT2D eigenvalue weighted by molar-refractivity contribution is 5.81. The van der Waals surface area contributed by atoms with E-state index in [4.69, 9.17) is 10.2 Å². The Hall–Kier alpha value is -3.37. The molecule has 3 atom stereocenters. The summed E-state index contributed by atoms with van der Waals surface area (Å²) in [4.78, 5) is 24.1. The normalized spacial score (nSPS) is 19.5. The maximum Gasteiger partial charge on any atom is 0.419 e. The van der Waals surface area contributed by atoms with E-state index in [-0.39, 0.29) is 23.6 Å². The predicted octanol–water partition coefficient (Wildman–Crippen LogP) is 2.48. The van der Waals surface area contributed by atoms with Gasteiger partial charge in [0.15, 0.2) is 5.58 Å². The molecule has 7 heteroatoms. The highest BCUT2D eigenvalue weighted by Crippen LogP contribution is 2.25. The number of benzene rings is 2. The number of aromatic nitrogens is 1. The van der Waals surface area contributed by atoms with Crippen molar-refractivity contribution in [2.75, 3.05) is 0 Å². The van der Waals surface area contributed by atoms with Crippen LogP contribution in [0.1, 0.15) is 24.8 Å². The lowest BCUT2D eigenvalue weighted by Gasteiger charge is -2.18. The fraction of sp³-hybridized carbons (Fsp3) is 0.348. The quantitative estimate of drug-likeness (QED) is 0.678. The molecule has 30 heavy (non-hydrogen) atoms. The van der Waals surface area contributed by atoms with E-state index in [9.17, 15) is 14.9 Å². The Morgan fingerprint density at radius 2 is 2.00 bits per heavy atom. The molecule has 154 valence electrons. The Bertz CT molecular complexity index is 1170. The molecule has 0 saturated heterocycles. The average Bonchev–Trinajstić information content (AvgIpc) is 3.30. The van der Waals surface area contributed by atoms with Gasteiger partial charge in [0.1, 0.15) is 6.04 Å². The lowest BCUT2D eigenvalue weighted by Crippen LogP contribution is -2.43. The molecule has 1 amide bonds. The molecule has 7 nitrogen and oxygen atoms in total. The summed E-state index contributed by atoms with van der Waals surface area (Å²) < 4.78 is 6.65. The van der Waals surface area contributed by atoms with E-state index in [0.29, 0.717) is 12.0 Å². The molecule has 1 saturated carbocycles. The molecule has 0 radical (unpaired) electrons. The molecule has 1 aliphatic carbocycles. The fourth-order valence-electron chi connectivity index (χ4n) is 4.10. The first-order valence-electron chi connectivity index (χ1n) is 10.1. The van der Waals surface area contributed by atoms with Gasteiger partial charge in [0.25, 0.3) is 0 Å². The lowest BCUT2D eigenvalue weighted by atomic mass is 9.99. The van der Waals surface area contributed by atoms with Gasteiger partial charge in [0.05, 0.1) is 17.5 Å². The molecule has 4 rings (SSSR count). The van der Waals surface area contributed by atoms with E-state index < -0.39 is 6.04 Å². The molecular formula is C23H24N4O3. The fourth-order valence-corrected chi connectivity index (χ4v) is 4.10. The molecule has 2 aromatic carbocycles. The van der Waals surface area contributed by atoms with E-state index in [0.717, 1.165) is 41.5 Å². The van der Waals surface area contributed by atoms with Gasteiger partial charge < -0.3 is 15.5 Å². The van der Waals surface area contributed by atoms with Crippen LogP contribution in [0, 0.1) is 17.2 Å². The van der Waals surface area contributed by atoms with Crippen LogP contribution in [0.15, 0.2) is 51.7 Å². The third kappa shape index (κ3) is 3.87. The van der Waals surface area contributed by atoms with Crippen LogP contribution in [0.2, 0.25) is 0 Å². The Morgan fingerprint density at radius 3 is 2.67 bits per heavy atom. The van der Waals surface area contributed by atoms with Gasteiger partial charge in [-0.05, 0) is 41.7 Å². The van der Waals surface area contributed by atoms with Gasteiger partial charge in [-0.1, -0.05) is 36.8 Å². The van der Waals surface area contributed by atoms with Gasteiger partial charge in [-0.15, -0.1) is 0 Å². The van der Waals surface area contributed by atoms with E-state index >= 15 is 0 Å². The number of aryl methyl sites for hydroxylation is 1. The van der Waals surface area contributed by atoms with Crippen LogP contribution in [0.4, 0.5) is 0 Å². The van der Waals surface area contributed by atoms with Gasteiger partial charge in [-0.2, -0.15) is 5.26 Å². The van der Waals surface area contributed by atoms with Crippen LogP contribution in [0.25, 0.3) is 22.2 Å². The zero-order valence-electron chi connectivity index (χ0n) is 16.8. The van der Waals surface area contributed by atoms with Crippen LogP contribution in [0.3, 0.4) is 0 Å². The summed E-state index contributed by atoms with van der Waals surface area (Å²) >= 11 is 0. The maximum atomic E-state index is 12.4. The highest BCUT2D eigenvalue weighted by atomic mass is 16.4. The summed E-state index contributed by atoms with van der Waals surface area (Å²) in [7, 11) is 1.68. The van der Waals surface area contributed by atoms with Gasteiger partial charge in [0.2, 0.25) is 5.91 Å². The SMILES string of the molecule is Cn1c(=O)oc2ccc(-c3ccc(CC(C#N)NC(=O)C4CCCC4N)cc3)cc21. The second-order valence-electron chi connectivity index (χ2n) is 7.90. The number of nitrogens with one attached hydrogen (secondary N) is 1. The summed E-state index contributed by atoms with van der Waals surface area (Å²) in [6.45, 7) is 0. The third-order valence-electron chi connectivity index (χ3n) is 5.90. The van der Waals surface area contributed by atoms with Crippen molar-refractivity contribution < 1.29 is 9.21 Å². The van der Waals surface area contributed by atoms with Gasteiger partial charge in [0, 0.05) is 19.5 Å². The van der Waals surface area contributed by atoms with Crippen molar-refractivity contribution in [2.24, 2.45) is 18.7 Å². The first-order chi connectivity index (χ1) is 14.5. The minimum atomic E-state index is -0.590. The summed E-state index contributed by atoms with van der Waals surface area (Å²) in [5.41, 5.74) is 10.2. The number of amides is 1. The number of rotatable bonds is 5. The van der Waals surface area contributed by atoms with E-state index in [1.54, 1.807) is 13.1 Å². The monoisotopic (exact) mass is 404 g/mol. The van der Waals surface area contributed by atoms with E-state index in [2.05, 4.69) is 11.4 Å². The summed E-state index contributed by atoms with van der Waals surface area (Å²) in [6, 6.07) is 14.9. The molecule has 0 bridgehead atoms. The first-order valence-corrected chi connectivity index (χ1v) is 10.1. The Kier molecular flexibility index (Phi) is 5.42. The summed E-state index contributed by atoms with van der Waals surface area (Å²) in [5.74, 6) is -0.708. The number of nitrogens with two attached hydrogens (primary N) is 1. The Labute approximate surface area is 174 Å². The van der Waals surface area contributed by atoms with Crippen LogP contribution in [-0.2, 0) is 18.3 Å². The third-order valence-corrected chi connectivity index (χ3v) is 5.90. The Morgan fingerprint density at radius 1 is 1.27 bits per heavy atom. The van der Waals surface area contributed by atoms with Crippen molar-refractivity contribution in [3.63, 3.8) is 0 Å². The molecular weight excluding hydrogens is 380 g/mol. The molecule has 1 heterocycles. The molecule has 0 aliphatic heterocycles. The number of oxazole rings is 1. The van der Waals surface area contributed by atoms with E-state index in [1.807, 2.05) is 36.4 Å². The van der Waals surface area contributed by atoms with Crippen molar-refractivity contribution in [2.45, 2.75) is 37.8 Å². The summed E-state index contributed by atoms with van der Waals surface area (Å²) in [5, 5.41) is 12.3. The minimum Gasteiger partial charge on any atom is -0.408 e. The van der Waals surface area contributed by atoms with Crippen LogP contribution in [-0.4, -0.2) is 22.6 Å². The first kappa shape index (κ1) is 19.9. The summed E-state index contributed by atoms with van der Waals surface area (Å²) in [6.07, 6.45) is 3.03. The second-order valence-corrected chi connectivity index (χ2v) is 7.90. The molecule has 1 aromatic heterocycles. The number of hydrogen-bond donors (Lipinski definition) is 2. The molecule has 0 spiro atoms. The second kappa shape index (κ2) is 8.17. The zero-order chi connectivity index (χ0) is 21.3. The van der Waals surface area contributed by atoms with Crippen molar-refractivity contribution in [1.82, 2.24) is 9.88 Å². The topological polar surface area (TPSA) is 114 Å². The molecule has 3 N–H and O–H groups in total. The van der Waals surface area contributed by atoms with Crippen LogP contribution < -0.4 is 16.8 Å². The van der Waals surface area contributed by atoms with Gasteiger partial charge in [-0.25, -0.2) is 4.79 Å². The standard InChI is InChI=1S/C23H24N4O3/c1-27-20-12-16(9-10-21(20)30-23(27)29)15-7-5-14(6-8-15)11-17(13-24)26-22(28)18-3-2-4-19(18)25/h5-10,12,17-19H,2-4,11,25H2,1H3,(H,26,28). The molecule has 1 fully saturated rings. The number of hydrogen-bond acceptors (Lipinski definition) is 5. The average molecular weight is 404 g/mol.